The number of rotatable bonds is 3. The van der Waals surface area contributed by atoms with Gasteiger partial charge >= 0.3 is 0 Å². The number of halogens is 1. The second kappa shape index (κ2) is 5.37. The summed E-state index contributed by atoms with van der Waals surface area (Å²) in [5.74, 6) is 0.918. The molecule has 3 nitrogen and oxygen atoms in total. The second-order valence-corrected chi connectivity index (χ2v) is 5.31. The van der Waals surface area contributed by atoms with Gasteiger partial charge in [0.25, 0.3) is 0 Å². The lowest BCUT2D eigenvalue weighted by atomic mass is 10.0. The van der Waals surface area contributed by atoms with Crippen LogP contribution in [0, 0.1) is 20.8 Å². The van der Waals surface area contributed by atoms with Crippen molar-refractivity contribution >= 4 is 17.3 Å². The summed E-state index contributed by atoms with van der Waals surface area (Å²) in [6, 6.07) is 0.454. The molecule has 0 spiro atoms. The third kappa shape index (κ3) is 2.29. The van der Waals surface area contributed by atoms with Crippen LogP contribution in [0.15, 0.2) is 0 Å². The van der Waals surface area contributed by atoms with Gasteiger partial charge in [0.2, 0.25) is 0 Å². The van der Waals surface area contributed by atoms with Crippen LogP contribution in [0.2, 0.25) is 5.02 Å². The highest BCUT2D eigenvalue weighted by Gasteiger charge is 2.21. The Labute approximate surface area is 114 Å². The Morgan fingerprint density at radius 1 is 1.22 bits per heavy atom. The van der Waals surface area contributed by atoms with Crippen molar-refractivity contribution < 1.29 is 4.74 Å². The Morgan fingerprint density at radius 3 is 2.50 bits per heavy atom. The van der Waals surface area contributed by atoms with Crippen LogP contribution in [-0.4, -0.2) is 26.2 Å². The van der Waals surface area contributed by atoms with Gasteiger partial charge in [0.05, 0.1) is 12.8 Å². The SMILES string of the molecule is COc1c(C)c(C)c(Cl)c(C)c1NC1CCNC1. The maximum Gasteiger partial charge on any atom is 0.145 e. The van der Waals surface area contributed by atoms with Crippen molar-refractivity contribution in [2.75, 3.05) is 25.5 Å². The molecule has 1 fully saturated rings. The van der Waals surface area contributed by atoms with Crippen molar-refractivity contribution in [1.82, 2.24) is 5.32 Å². The molecule has 2 N–H and O–H groups in total. The number of methoxy groups -OCH3 is 1. The Bertz CT molecular complexity index is 454. The predicted octanol–water partition coefficient (Wildman–Crippen LogP) is 3.05. The first-order valence-electron chi connectivity index (χ1n) is 6.36. The van der Waals surface area contributed by atoms with Crippen LogP contribution in [-0.2, 0) is 0 Å². The van der Waals surface area contributed by atoms with Crippen molar-refractivity contribution in [3.05, 3.63) is 21.7 Å². The Kier molecular flexibility index (Phi) is 4.03. The minimum atomic E-state index is 0.454. The lowest BCUT2D eigenvalue weighted by Crippen LogP contribution is -2.23. The Morgan fingerprint density at radius 2 is 1.94 bits per heavy atom. The molecule has 0 amide bonds. The van der Waals surface area contributed by atoms with Gasteiger partial charge in [-0.05, 0) is 50.4 Å². The zero-order valence-corrected chi connectivity index (χ0v) is 12.2. The molecule has 1 heterocycles. The minimum Gasteiger partial charge on any atom is -0.494 e. The Balaban J connectivity index is 2.43. The summed E-state index contributed by atoms with van der Waals surface area (Å²) < 4.78 is 5.56. The molecule has 4 heteroatoms. The molecule has 2 rings (SSSR count). The average molecular weight is 269 g/mol. The van der Waals surface area contributed by atoms with E-state index in [1.165, 1.54) is 0 Å². The van der Waals surface area contributed by atoms with Gasteiger partial charge in [0.1, 0.15) is 5.75 Å². The average Bonchev–Trinajstić information content (AvgIpc) is 2.87. The highest BCUT2D eigenvalue weighted by molar-refractivity contribution is 6.32. The van der Waals surface area contributed by atoms with Crippen LogP contribution < -0.4 is 15.4 Å². The van der Waals surface area contributed by atoms with E-state index in [0.717, 1.165) is 52.7 Å². The summed E-state index contributed by atoms with van der Waals surface area (Å²) in [5, 5.41) is 7.75. The van der Waals surface area contributed by atoms with Gasteiger partial charge in [-0.2, -0.15) is 0 Å². The monoisotopic (exact) mass is 268 g/mol. The molecule has 1 saturated heterocycles. The van der Waals surface area contributed by atoms with Crippen LogP contribution in [0.25, 0.3) is 0 Å². The molecular weight excluding hydrogens is 248 g/mol. The summed E-state index contributed by atoms with van der Waals surface area (Å²) in [6.07, 6.45) is 1.13. The quantitative estimate of drug-likeness (QED) is 0.884. The van der Waals surface area contributed by atoms with Crippen molar-refractivity contribution in [2.45, 2.75) is 33.2 Å². The van der Waals surface area contributed by atoms with Gasteiger partial charge < -0.3 is 15.4 Å². The number of hydrogen-bond acceptors (Lipinski definition) is 3. The highest BCUT2D eigenvalue weighted by atomic mass is 35.5. The number of benzene rings is 1. The van der Waals surface area contributed by atoms with Crippen LogP contribution in [0.5, 0.6) is 5.75 Å². The number of anilines is 1. The van der Waals surface area contributed by atoms with E-state index in [0.29, 0.717) is 6.04 Å². The largest absolute Gasteiger partial charge is 0.494 e. The standard InChI is InChI=1S/C14H21ClN2O/c1-8-9(2)14(18-4)13(10(3)12(8)15)17-11-5-6-16-7-11/h11,16-17H,5-7H2,1-4H3. The fourth-order valence-corrected chi connectivity index (χ4v) is 2.73. The van der Waals surface area contributed by atoms with Crippen LogP contribution in [0.3, 0.4) is 0 Å². The van der Waals surface area contributed by atoms with Crippen LogP contribution >= 0.6 is 11.6 Å². The summed E-state index contributed by atoms with van der Waals surface area (Å²) in [5.41, 5.74) is 4.32. The maximum absolute atomic E-state index is 6.39. The molecule has 0 bridgehead atoms. The molecule has 0 radical (unpaired) electrons. The number of nitrogens with one attached hydrogen (secondary N) is 2. The van der Waals surface area contributed by atoms with E-state index < -0.39 is 0 Å². The van der Waals surface area contributed by atoms with E-state index in [1.54, 1.807) is 7.11 Å². The highest BCUT2D eigenvalue weighted by Crippen LogP contribution is 2.40. The van der Waals surface area contributed by atoms with Gasteiger partial charge in [-0.25, -0.2) is 0 Å². The predicted molar refractivity (Wildman–Crippen MR) is 77.1 cm³/mol. The molecule has 1 aromatic rings. The van der Waals surface area contributed by atoms with E-state index in [1.807, 2.05) is 13.8 Å². The van der Waals surface area contributed by atoms with E-state index in [4.69, 9.17) is 16.3 Å². The first-order chi connectivity index (χ1) is 8.56. The minimum absolute atomic E-state index is 0.454. The third-order valence-corrected chi connectivity index (χ3v) is 4.34. The molecule has 0 aromatic heterocycles. The zero-order valence-electron chi connectivity index (χ0n) is 11.5. The summed E-state index contributed by atoms with van der Waals surface area (Å²) in [7, 11) is 1.72. The van der Waals surface area contributed by atoms with Crippen LogP contribution in [0.1, 0.15) is 23.1 Å². The van der Waals surface area contributed by atoms with Crippen molar-refractivity contribution in [3.8, 4) is 5.75 Å². The number of hydrogen-bond donors (Lipinski definition) is 2. The van der Waals surface area contributed by atoms with E-state index in [9.17, 15) is 0 Å². The molecule has 18 heavy (non-hydrogen) atoms. The molecule has 0 aliphatic carbocycles. The van der Waals surface area contributed by atoms with E-state index in [2.05, 4.69) is 17.6 Å². The lowest BCUT2D eigenvalue weighted by molar-refractivity contribution is 0.412. The van der Waals surface area contributed by atoms with Crippen molar-refractivity contribution in [1.29, 1.82) is 0 Å². The van der Waals surface area contributed by atoms with Gasteiger partial charge in [-0.3, -0.25) is 0 Å². The fourth-order valence-electron chi connectivity index (χ4n) is 2.49. The van der Waals surface area contributed by atoms with Gasteiger partial charge in [0, 0.05) is 17.6 Å². The molecule has 1 aliphatic rings. The fraction of sp³-hybridized carbons (Fsp3) is 0.571. The second-order valence-electron chi connectivity index (χ2n) is 4.93. The molecule has 1 unspecified atom stereocenters. The summed E-state index contributed by atoms with van der Waals surface area (Å²) in [4.78, 5) is 0. The van der Waals surface area contributed by atoms with Crippen LogP contribution in [0.4, 0.5) is 5.69 Å². The molecular formula is C14H21ClN2O. The maximum atomic E-state index is 6.39. The summed E-state index contributed by atoms with van der Waals surface area (Å²) >= 11 is 6.39. The Hall–Kier alpha value is -0.930. The van der Waals surface area contributed by atoms with E-state index >= 15 is 0 Å². The molecule has 1 atom stereocenters. The number of ether oxygens (including phenoxy) is 1. The van der Waals surface area contributed by atoms with Crippen molar-refractivity contribution in [2.24, 2.45) is 0 Å². The zero-order chi connectivity index (χ0) is 13.3. The molecule has 0 saturated carbocycles. The van der Waals surface area contributed by atoms with Gasteiger partial charge in [-0.15, -0.1) is 0 Å². The summed E-state index contributed by atoms with van der Waals surface area (Å²) in [6.45, 7) is 8.19. The van der Waals surface area contributed by atoms with Gasteiger partial charge in [-0.1, -0.05) is 11.6 Å². The molecule has 1 aromatic carbocycles. The topological polar surface area (TPSA) is 33.3 Å². The first-order valence-corrected chi connectivity index (χ1v) is 6.74. The van der Waals surface area contributed by atoms with Gasteiger partial charge in [0.15, 0.2) is 0 Å². The smallest absolute Gasteiger partial charge is 0.145 e. The normalized spacial score (nSPS) is 19.1. The van der Waals surface area contributed by atoms with E-state index in [-0.39, 0.29) is 0 Å². The lowest BCUT2D eigenvalue weighted by Gasteiger charge is -2.22. The third-order valence-electron chi connectivity index (χ3n) is 3.78. The first kappa shape index (κ1) is 13.5. The molecule has 100 valence electrons. The van der Waals surface area contributed by atoms with Crippen molar-refractivity contribution in [3.63, 3.8) is 0 Å². The molecule has 1 aliphatic heterocycles.